The molecule has 6 heteroatoms. The number of anilines is 1. The zero-order valence-corrected chi connectivity index (χ0v) is 12.6. The van der Waals surface area contributed by atoms with E-state index in [4.69, 9.17) is 15.2 Å². The predicted molar refractivity (Wildman–Crippen MR) is 80.1 cm³/mol. The molecule has 21 heavy (non-hydrogen) atoms. The van der Waals surface area contributed by atoms with Gasteiger partial charge in [0.1, 0.15) is 0 Å². The third-order valence-electron chi connectivity index (χ3n) is 3.38. The van der Waals surface area contributed by atoms with Gasteiger partial charge in [0.15, 0.2) is 17.3 Å². The molecule has 1 aromatic carbocycles. The van der Waals surface area contributed by atoms with Crippen LogP contribution in [0, 0.1) is 0 Å². The molecule has 3 rings (SSSR count). The Bertz CT molecular complexity index is 658. The van der Waals surface area contributed by atoms with Gasteiger partial charge in [-0.1, -0.05) is 26.0 Å². The molecule has 0 saturated carbocycles. The number of nitrogens with two attached hydrogens (primary N) is 1. The zero-order valence-electron chi connectivity index (χ0n) is 12.6. The number of ether oxygens (including phenoxy) is 2. The fraction of sp³-hybridized carbons (Fsp3) is 0.467. The molecule has 1 aliphatic heterocycles. The van der Waals surface area contributed by atoms with Gasteiger partial charge in [0.05, 0.1) is 24.6 Å². The first-order chi connectivity index (χ1) is 9.97. The van der Waals surface area contributed by atoms with Gasteiger partial charge in [0, 0.05) is 17.9 Å². The summed E-state index contributed by atoms with van der Waals surface area (Å²) in [7, 11) is 0. The summed E-state index contributed by atoms with van der Waals surface area (Å²) in [5, 5.41) is 8.18. The topological polar surface area (TPSA) is 75.2 Å². The first-order valence-corrected chi connectivity index (χ1v) is 7.08. The average Bonchev–Trinajstić information content (AvgIpc) is 2.68. The Morgan fingerprint density at radius 3 is 2.57 bits per heavy atom. The van der Waals surface area contributed by atoms with E-state index in [2.05, 4.69) is 31.1 Å². The molecule has 2 aromatic rings. The maximum Gasteiger partial charge on any atom is 0.170 e. The van der Waals surface area contributed by atoms with Crippen molar-refractivity contribution in [1.29, 1.82) is 0 Å². The van der Waals surface area contributed by atoms with E-state index in [1.165, 1.54) is 0 Å². The van der Waals surface area contributed by atoms with E-state index in [0.717, 1.165) is 29.3 Å². The lowest BCUT2D eigenvalue weighted by atomic mass is 9.91. The van der Waals surface area contributed by atoms with Crippen LogP contribution in [0.1, 0.15) is 32.9 Å². The van der Waals surface area contributed by atoms with Crippen molar-refractivity contribution < 1.29 is 9.47 Å². The molecular weight excluding hydrogens is 268 g/mol. The van der Waals surface area contributed by atoms with E-state index in [1.54, 1.807) is 4.68 Å². The van der Waals surface area contributed by atoms with Crippen molar-refractivity contribution in [2.75, 3.05) is 18.9 Å². The summed E-state index contributed by atoms with van der Waals surface area (Å²) < 4.78 is 13.1. The van der Waals surface area contributed by atoms with Crippen molar-refractivity contribution in [3.63, 3.8) is 0 Å². The van der Waals surface area contributed by atoms with Crippen LogP contribution < -0.4 is 15.2 Å². The number of hydrogen-bond acceptors (Lipinski definition) is 5. The minimum Gasteiger partial charge on any atom is -0.490 e. The second-order valence-electron chi connectivity index (χ2n) is 6.17. The Morgan fingerprint density at radius 2 is 1.86 bits per heavy atom. The molecule has 1 aliphatic rings. The molecular formula is C15H20N4O2. The summed E-state index contributed by atoms with van der Waals surface area (Å²) in [5.74, 6) is 1.95. The van der Waals surface area contributed by atoms with Crippen LogP contribution in [0.4, 0.5) is 5.82 Å². The summed E-state index contributed by atoms with van der Waals surface area (Å²) >= 11 is 0. The van der Waals surface area contributed by atoms with Gasteiger partial charge in [-0.15, -0.1) is 5.10 Å². The summed E-state index contributed by atoms with van der Waals surface area (Å²) in [6, 6.07) is 5.77. The van der Waals surface area contributed by atoms with Gasteiger partial charge < -0.3 is 15.2 Å². The highest BCUT2D eigenvalue weighted by Gasteiger charge is 2.25. The Labute approximate surface area is 123 Å². The Balaban J connectivity index is 2.08. The van der Waals surface area contributed by atoms with Crippen molar-refractivity contribution in [2.24, 2.45) is 0 Å². The summed E-state index contributed by atoms with van der Waals surface area (Å²) in [6.45, 7) is 7.59. The highest BCUT2D eigenvalue weighted by Crippen LogP contribution is 2.34. The van der Waals surface area contributed by atoms with Crippen LogP contribution in [0.2, 0.25) is 0 Å². The normalized spacial score (nSPS) is 14.8. The molecule has 0 atom stereocenters. The number of rotatable bonds is 1. The molecule has 0 radical (unpaired) electrons. The maximum atomic E-state index is 5.98. The number of benzene rings is 1. The van der Waals surface area contributed by atoms with Crippen LogP contribution in [0.15, 0.2) is 18.2 Å². The molecule has 0 bridgehead atoms. The van der Waals surface area contributed by atoms with Gasteiger partial charge in [-0.25, -0.2) is 4.68 Å². The number of aromatic nitrogens is 3. The van der Waals surface area contributed by atoms with Crippen molar-refractivity contribution in [3.05, 3.63) is 23.9 Å². The van der Waals surface area contributed by atoms with E-state index in [-0.39, 0.29) is 5.41 Å². The Morgan fingerprint density at radius 1 is 1.14 bits per heavy atom. The largest absolute Gasteiger partial charge is 0.490 e. The maximum absolute atomic E-state index is 5.98. The number of nitrogen functional groups attached to an aromatic ring is 1. The summed E-state index contributed by atoms with van der Waals surface area (Å²) in [6.07, 6.45) is 0.882. The lowest BCUT2D eigenvalue weighted by Gasteiger charge is -2.20. The Hall–Kier alpha value is -2.24. The van der Waals surface area contributed by atoms with Gasteiger partial charge in [-0.05, 0) is 12.1 Å². The molecule has 0 amide bonds. The predicted octanol–water partition coefficient (Wildman–Crippen LogP) is 2.31. The first-order valence-electron chi connectivity index (χ1n) is 7.08. The van der Waals surface area contributed by atoms with Crippen LogP contribution in [-0.4, -0.2) is 28.2 Å². The van der Waals surface area contributed by atoms with Crippen LogP contribution in [0.25, 0.3) is 5.69 Å². The average molecular weight is 288 g/mol. The van der Waals surface area contributed by atoms with Crippen molar-refractivity contribution in [1.82, 2.24) is 15.0 Å². The number of nitrogens with zero attached hydrogens (tertiary/aromatic N) is 3. The smallest absolute Gasteiger partial charge is 0.170 e. The zero-order chi connectivity index (χ0) is 15.0. The molecule has 2 N–H and O–H groups in total. The van der Waals surface area contributed by atoms with Gasteiger partial charge in [0.2, 0.25) is 0 Å². The minimum absolute atomic E-state index is 0.155. The van der Waals surface area contributed by atoms with Crippen molar-refractivity contribution in [3.8, 4) is 17.2 Å². The van der Waals surface area contributed by atoms with Crippen LogP contribution in [0.3, 0.4) is 0 Å². The SMILES string of the molecule is CC(C)(C)c1c(N)nnn1-c1ccc2c(c1)OCCCO2. The monoisotopic (exact) mass is 288 g/mol. The first kappa shape index (κ1) is 13.7. The highest BCUT2D eigenvalue weighted by atomic mass is 16.5. The van der Waals surface area contributed by atoms with E-state index in [9.17, 15) is 0 Å². The third-order valence-corrected chi connectivity index (χ3v) is 3.38. The van der Waals surface area contributed by atoms with Gasteiger partial charge in [-0.2, -0.15) is 0 Å². The highest BCUT2D eigenvalue weighted by molar-refractivity contribution is 5.51. The lowest BCUT2D eigenvalue weighted by molar-refractivity contribution is 0.297. The number of hydrogen-bond donors (Lipinski definition) is 1. The van der Waals surface area contributed by atoms with E-state index < -0.39 is 0 Å². The van der Waals surface area contributed by atoms with Crippen LogP contribution >= 0.6 is 0 Å². The second kappa shape index (κ2) is 4.95. The van der Waals surface area contributed by atoms with E-state index >= 15 is 0 Å². The fourth-order valence-electron chi connectivity index (χ4n) is 2.46. The molecule has 0 unspecified atom stereocenters. The standard InChI is InChI=1S/C15H20N4O2/c1-15(2,3)13-14(16)17-18-19(13)10-5-6-11-12(9-10)21-8-4-7-20-11/h5-6,9H,4,7-8,16H2,1-3H3. The quantitative estimate of drug-likeness (QED) is 0.871. The van der Waals surface area contributed by atoms with Crippen LogP contribution in [-0.2, 0) is 5.41 Å². The van der Waals surface area contributed by atoms with Crippen molar-refractivity contribution in [2.45, 2.75) is 32.6 Å². The fourth-order valence-corrected chi connectivity index (χ4v) is 2.46. The Kier molecular flexibility index (Phi) is 3.23. The van der Waals surface area contributed by atoms with Crippen LogP contribution in [0.5, 0.6) is 11.5 Å². The molecule has 2 heterocycles. The molecule has 0 aliphatic carbocycles. The number of fused-ring (bicyclic) bond motifs is 1. The van der Waals surface area contributed by atoms with Crippen molar-refractivity contribution >= 4 is 5.82 Å². The molecule has 0 spiro atoms. The third kappa shape index (κ3) is 2.53. The molecule has 112 valence electrons. The van der Waals surface area contributed by atoms with E-state index in [0.29, 0.717) is 19.0 Å². The van der Waals surface area contributed by atoms with E-state index in [1.807, 2.05) is 18.2 Å². The summed E-state index contributed by atoms with van der Waals surface area (Å²) in [5.41, 5.74) is 7.58. The van der Waals surface area contributed by atoms with Gasteiger partial charge in [0.25, 0.3) is 0 Å². The second-order valence-corrected chi connectivity index (χ2v) is 6.17. The molecule has 0 saturated heterocycles. The molecule has 0 fully saturated rings. The van der Waals surface area contributed by atoms with Gasteiger partial charge in [-0.3, -0.25) is 0 Å². The van der Waals surface area contributed by atoms with Gasteiger partial charge >= 0.3 is 0 Å². The lowest BCUT2D eigenvalue weighted by Crippen LogP contribution is -2.19. The summed E-state index contributed by atoms with van der Waals surface area (Å²) in [4.78, 5) is 0. The molecule has 1 aromatic heterocycles. The molecule has 6 nitrogen and oxygen atoms in total. The minimum atomic E-state index is -0.155.